The van der Waals surface area contributed by atoms with E-state index in [0.29, 0.717) is 28.3 Å². The third-order valence-corrected chi connectivity index (χ3v) is 4.05. The molecule has 1 aromatic heterocycles. The average Bonchev–Trinajstić information content (AvgIpc) is 3.02. The number of nitrogens with zero attached hydrogens (tertiary/aromatic N) is 2. The van der Waals surface area contributed by atoms with Crippen LogP contribution in [0.5, 0.6) is 0 Å². The lowest BCUT2D eigenvalue weighted by atomic mass is 10.1. The molecule has 1 N–H and O–H groups in total. The molecular formula is C17H15Cl2N3O. The van der Waals surface area contributed by atoms with Gasteiger partial charge in [-0.3, -0.25) is 0 Å². The topological polar surface area (TPSA) is 51.0 Å². The lowest BCUT2D eigenvalue weighted by Gasteiger charge is -2.14. The van der Waals surface area contributed by atoms with Gasteiger partial charge in [-0.05, 0) is 24.6 Å². The quantitative estimate of drug-likeness (QED) is 0.713. The maximum atomic E-state index is 6.21. The Morgan fingerprint density at radius 2 is 1.91 bits per heavy atom. The van der Waals surface area contributed by atoms with Gasteiger partial charge in [0.1, 0.15) is 0 Å². The van der Waals surface area contributed by atoms with E-state index in [4.69, 9.17) is 27.7 Å². The van der Waals surface area contributed by atoms with Gasteiger partial charge in [0.05, 0.1) is 6.54 Å². The van der Waals surface area contributed by atoms with E-state index in [1.807, 2.05) is 49.4 Å². The number of benzene rings is 2. The first-order valence-electron chi connectivity index (χ1n) is 7.20. The molecule has 0 spiro atoms. The number of nitrogens with one attached hydrogen (secondary N) is 1. The Kier molecular flexibility index (Phi) is 4.96. The summed E-state index contributed by atoms with van der Waals surface area (Å²) in [6, 6.07) is 15.2. The first kappa shape index (κ1) is 16.0. The minimum absolute atomic E-state index is 0.0341. The predicted molar refractivity (Wildman–Crippen MR) is 91.5 cm³/mol. The van der Waals surface area contributed by atoms with Gasteiger partial charge in [0, 0.05) is 21.7 Å². The van der Waals surface area contributed by atoms with E-state index in [0.717, 1.165) is 11.1 Å². The Balaban J connectivity index is 1.65. The van der Waals surface area contributed by atoms with Gasteiger partial charge in [-0.2, -0.15) is 4.98 Å². The molecule has 3 aromatic rings. The van der Waals surface area contributed by atoms with E-state index in [9.17, 15) is 0 Å². The summed E-state index contributed by atoms with van der Waals surface area (Å²) in [6.07, 6.45) is 0. The molecule has 23 heavy (non-hydrogen) atoms. The van der Waals surface area contributed by atoms with Crippen molar-refractivity contribution in [2.75, 3.05) is 0 Å². The van der Waals surface area contributed by atoms with E-state index < -0.39 is 0 Å². The fourth-order valence-corrected chi connectivity index (χ4v) is 2.81. The molecule has 0 aliphatic rings. The molecule has 118 valence electrons. The van der Waals surface area contributed by atoms with Crippen molar-refractivity contribution >= 4 is 23.2 Å². The number of halogens is 2. The lowest BCUT2D eigenvalue weighted by molar-refractivity contribution is 0.360. The van der Waals surface area contributed by atoms with Crippen molar-refractivity contribution in [2.24, 2.45) is 0 Å². The molecule has 6 heteroatoms. The van der Waals surface area contributed by atoms with Crippen molar-refractivity contribution < 1.29 is 4.52 Å². The van der Waals surface area contributed by atoms with Crippen LogP contribution >= 0.6 is 23.2 Å². The predicted octanol–water partition coefficient (Wildman–Crippen LogP) is 4.89. The molecule has 0 aliphatic carbocycles. The normalized spacial score (nSPS) is 12.3. The van der Waals surface area contributed by atoms with Crippen LogP contribution in [0.25, 0.3) is 11.4 Å². The minimum Gasteiger partial charge on any atom is -0.338 e. The molecule has 3 rings (SSSR count). The average molecular weight is 348 g/mol. The second kappa shape index (κ2) is 7.13. The maximum absolute atomic E-state index is 6.21. The molecule has 1 heterocycles. The van der Waals surface area contributed by atoms with Crippen LogP contribution in [0.1, 0.15) is 24.4 Å². The zero-order valence-corrected chi connectivity index (χ0v) is 14.0. The summed E-state index contributed by atoms with van der Waals surface area (Å²) in [6.45, 7) is 2.48. The molecular weight excluding hydrogens is 333 g/mol. The summed E-state index contributed by atoms with van der Waals surface area (Å²) in [5.74, 6) is 1.11. The van der Waals surface area contributed by atoms with E-state index >= 15 is 0 Å². The van der Waals surface area contributed by atoms with Crippen molar-refractivity contribution in [3.63, 3.8) is 0 Å². The number of rotatable bonds is 5. The minimum atomic E-state index is 0.0341. The fraction of sp³-hybridized carbons (Fsp3) is 0.176. The van der Waals surface area contributed by atoms with E-state index in [1.165, 1.54) is 0 Å². The molecule has 4 nitrogen and oxygen atoms in total. The first-order valence-corrected chi connectivity index (χ1v) is 7.95. The van der Waals surface area contributed by atoms with Gasteiger partial charge in [0.15, 0.2) is 0 Å². The van der Waals surface area contributed by atoms with Crippen molar-refractivity contribution in [1.82, 2.24) is 15.5 Å². The van der Waals surface area contributed by atoms with Crippen molar-refractivity contribution in [2.45, 2.75) is 19.5 Å². The lowest BCUT2D eigenvalue weighted by Crippen LogP contribution is -2.18. The Labute approximate surface area is 144 Å². The molecule has 2 aromatic carbocycles. The summed E-state index contributed by atoms with van der Waals surface area (Å²) in [5.41, 5.74) is 1.90. The SMILES string of the molecule is CC(NCc1nc(-c2ccccc2)no1)c1ccc(Cl)cc1Cl. The Morgan fingerprint density at radius 1 is 1.13 bits per heavy atom. The van der Waals surface area contributed by atoms with Crippen molar-refractivity contribution in [3.05, 3.63) is 70.0 Å². The summed E-state index contributed by atoms with van der Waals surface area (Å²) in [5, 5.41) is 8.57. The van der Waals surface area contributed by atoms with Crippen LogP contribution in [0.3, 0.4) is 0 Å². The molecule has 1 unspecified atom stereocenters. The van der Waals surface area contributed by atoms with Gasteiger partial charge < -0.3 is 9.84 Å². The first-order chi connectivity index (χ1) is 11.1. The van der Waals surface area contributed by atoms with Crippen LogP contribution in [0.15, 0.2) is 53.1 Å². The fourth-order valence-electron chi connectivity index (χ4n) is 2.23. The number of hydrogen-bond donors (Lipinski definition) is 1. The Hall–Kier alpha value is -1.88. The van der Waals surface area contributed by atoms with E-state index in [2.05, 4.69) is 15.5 Å². The number of aromatic nitrogens is 2. The molecule has 0 saturated carbocycles. The highest BCUT2D eigenvalue weighted by Crippen LogP contribution is 2.26. The van der Waals surface area contributed by atoms with E-state index in [-0.39, 0.29) is 6.04 Å². The highest BCUT2D eigenvalue weighted by Gasteiger charge is 2.12. The molecule has 0 aliphatic heterocycles. The second-order valence-electron chi connectivity index (χ2n) is 5.15. The Morgan fingerprint density at radius 3 is 2.65 bits per heavy atom. The van der Waals surface area contributed by atoms with Gasteiger partial charge in [-0.1, -0.05) is 64.8 Å². The zero-order valence-electron chi connectivity index (χ0n) is 12.5. The smallest absolute Gasteiger partial charge is 0.240 e. The summed E-state index contributed by atoms with van der Waals surface area (Å²) < 4.78 is 5.28. The van der Waals surface area contributed by atoms with Gasteiger partial charge in [-0.25, -0.2) is 0 Å². The second-order valence-corrected chi connectivity index (χ2v) is 5.99. The largest absolute Gasteiger partial charge is 0.338 e. The van der Waals surface area contributed by atoms with Crippen LogP contribution in [0.2, 0.25) is 10.0 Å². The summed E-state index contributed by atoms with van der Waals surface area (Å²) >= 11 is 12.1. The number of hydrogen-bond acceptors (Lipinski definition) is 4. The van der Waals surface area contributed by atoms with Crippen LogP contribution in [-0.4, -0.2) is 10.1 Å². The third kappa shape index (κ3) is 3.91. The standard InChI is InChI=1S/C17H15Cl2N3O/c1-11(14-8-7-13(18)9-15(14)19)20-10-16-21-17(22-23-16)12-5-3-2-4-6-12/h2-9,11,20H,10H2,1H3. The van der Waals surface area contributed by atoms with Crippen molar-refractivity contribution in [3.8, 4) is 11.4 Å². The molecule has 0 radical (unpaired) electrons. The van der Waals surface area contributed by atoms with Gasteiger partial charge in [0.2, 0.25) is 11.7 Å². The molecule has 0 saturated heterocycles. The Bertz CT molecular complexity index is 790. The van der Waals surface area contributed by atoms with Crippen molar-refractivity contribution in [1.29, 1.82) is 0 Å². The van der Waals surface area contributed by atoms with Crippen LogP contribution in [0, 0.1) is 0 Å². The molecule has 0 fully saturated rings. The van der Waals surface area contributed by atoms with Crippen LogP contribution in [0.4, 0.5) is 0 Å². The maximum Gasteiger partial charge on any atom is 0.240 e. The molecule has 1 atom stereocenters. The monoisotopic (exact) mass is 347 g/mol. The summed E-state index contributed by atoms with van der Waals surface area (Å²) in [4.78, 5) is 4.39. The zero-order chi connectivity index (χ0) is 16.2. The highest BCUT2D eigenvalue weighted by molar-refractivity contribution is 6.35. The van der Waals surface area contributed by atoms with E-state index in [1.54, 1.807) is 6.07 Å². The van der Waals surface area contributed by atoms with Gasteiger partial charge in [0.25, 0.3) is 0 Å². The highest BCUT2D eigenvalue weighted by atomic mass is 35.5. The van der Waals surface area contributed by atoms with Crippen LogP contribution < -0.4 is 5.32 Å². The third-order valence-electron chi connectivity index (χ3n) is 3.49. The summed E-state index contributed by atoms with van der Waals surface area (Å²) in [7, 11) is 0. The molecule has 0 amide bonds. The van der Waals surface area contributed by atoms with Crippen LogP contribution in [-0.2, 0) is 6.54 Å². The van der Waals surface area contributed by atoms with Gasteiger partial charge >= 0.3 is 0 Å². The molecule has 0 bridgehead atoms. The van der Waals surface area contributed by atoms with Gasteiger partial charge in [-0.15, -0.1) is 0 Å².